The highest BCUT2D eigenvalue weighted by atomic mass is 32.2. The van der Waals surface area contributed by atoms with Crippen LogP contribution in [0.4, 0.5) is 0 Å². The predicted octanol–water partition coefficient (Wildman–Crippen LogP) is 1.51. The molecule has 0 aromatic rings. The van der Waals surface area contributed by atoms with Gasteiger partial charge in [0, 0.05) is 6.26 Å². The van der Waals surface area contributed by atoms with Crippen LogP contribution >= 0.6 is 0 Å². The highest BCUT2D eigenvalue weighted by Crippen LogP contribution is 2.18. The summed E-state index contributed by atoms with van der Waals surface area (Å²) in [6.07, 6.45) is 7.56. The maximum atomic E-state index is 11.0. The lowest BCUT2D eigenvalue weighted by Gasteiger charge is -2.09. The molecule has 0 fully saturated rings. The number of rotatable bonds is 1. The summed E-state index contributed by atoms with van der Waals surface area (Å²) in [7, 11) is -2.98. The van der Waals surface area contributed by atoms with Gasteiger partial charge in [-0.2, -0.15) is 0 Å². The summed E-state index contributed by atoms with van der Waals surface area (Å²) in [5, 5.41) is 0. The van der Waals surface area contributed by atoms with Gasteiger partial charge in [-0.1, -0.05) is 19.1 Å². The second kappa shape index (κ2) is 2.81. The van der Waals surface area contributed by atoms with Crippen molar-refractivity contribution in [3.05, 3.63) is 23.1 Å². The molecular weight excluding hydrogens is 160 g/mol. The monoisotopic (exact) mass is 172 g/mol. The largest absolute Gasteiger partial charge is 0.224 e. The quantitative estimate of drug-likeness (QED) is 0.601. The van der Waals surface area contributed by atoms with E-state index in [1.807, 2.05) is 13.0 Å². The Bertz CT molecular complexity index is 296. The molecule has 0 N–H and O–H groups in total. The molecule has 11 heavy (non-hydrogen) atoms. The zero-order valence-corrected chi connectivity index (χ0v) is 7.56. The summed E-state index contributed by atoms with van der Waals surface area (Å²) in [5.74, 6) is 0.352. The minimum Gasteiger partial charge on any atom is -0.224 e. The van der Waals surface area contributed by atoms with Crippen molar-refractivity contribution in [2.24, 2.45) is 5.92 Å². The minimum atomic E-state index is -2.98. The van der Waals surface area contributed by atoms with Gasteiger partial charge in [-0.3, -0.25) is 0 Å². The molecule has 62 valence electrons. The number of hydrogen-bond acceptors (Lipinski definition) is 2. The van der Waals surface area contributed by atoms with E-state index in [4.69, 9.17) is 0 Å². The molecule has 1 atom stereocenters. The van der Waals surface area contributed by atoms with Gasteiger partial charge in [0.05, 0.1) is 4.91 Å². The van der Waals surface area contributed by atoms with Gasteiger partial charge in [-0.05, 0) is 18.4 Å². The first-order chi connectivity index (χ1) is 5.00. The highest BCUT2D eigenvalue weighted by Gasteiger charge is 2.12. The Morgan fingerprint density at radius 1 is 1.55 bits per heavy atom. The molecule has 1 aliphatic rings. The van der Waals surface area contributed by atoms with E-state index in [1.165, 1.54) is 6.26 Å². The average molecular weight is 172 g/mol. The molecular formula is C8H12O2S. The van der Waals surface area contributed by atoms with E-state index >= 15 is 0 Å². The lowest BCUT2D eigenvalue weighted by atomic mass is 10.0. The van der Waals surface area contributed by atoms with Gasteiger partial charge in [0.15, 0.2) is 9.84 Å². The van der Waals surface area contributed by atoms with Crippen LogP contribution in [0.25, 0.3) is 0 Å². The van der Waals surface area contributed by atoms with Gasteiger partial charge in [-0.25, -0.2) is 8.42 Å². The molecule has 1 unspecified atom stereocenters. The third-order valence-corrected chi connectivity index (χ3v) is 2.80. The Balaban J connectivity index is 2.98. The zero-order chi connectivity index (χ0) is 8.48. The Labute approximate surface area is 67.5 Å². The number of sulfone groups is 1. The summed E-state index contributed by atoms with van der Waals surface area (Å²) < 4.78 is 22.0. The van der Waals surface area contributed by atoms with Crippen molar-refractivity contribution in [3.8, 4) is 0 Å². The van der Waals surface area contributed by atoms with Crippen molar-refractivity contribution >= 4 is 9.84 Å². The van der Waals surface area contributed by atoms with Gasteiger partial charge in [-0.15, -0.1) is 0 Å². The van der Waals surface area contributed by atoms with Crippen LogP contribution in [-0.2, 0) is 9.84 Å². The van der Waals surface area contributed by atoms with Crippen molar-refractivity contribution in [1.29, 1.82) is 0 Å². The van der Waals surface area contributed by atoms with E-state index in [0.717, 1.165) is 6.42 Å². The molecule has 0 saturated carbocycles. The first-order valence-corrected chi connectivity index (χ1v) is 5.47. The third kappa shape index (κ3) is 2.19. The van der Waals surface area contributed by atoms with Crippen LogP contribution in [0.3, 0.4) is 0 Å². The smallest absolute Gasteiger partial charge is 0.175 e. The van der Waals surface area contributed by atoms with E-state index in [-0.39, 0.29) is 0 Å². The average Bonchev–Trinajstić information content (AvgIpc) is 1.86. The first kappa shape index (κ1) is 8.53. The molecule has 0 spiro atoms. The molecule has 1 rings (SSSR count). The summed E-state index contributed by atoms with van der Waals surface area (Å²) in [6, 6.07) is 0. The van der Waals surface area contributed by atoms with Crippen LogP contribution in [0, 0.1) is 5.92 Å². The maximum absolute atomic E-state index is 11.0. The summed E-state index contributed by atoms with van der Waals surface area (Å²) in [4.78, 5) is 0.455. The number of allylic oxidation sites excluding steroid dienone is 3. The van der Waals surface area contributed by atoms with Gasteiger partial charge < -0.3 is 0 Å². The van der Waals surface area contributed by atoms with Gasteiger partial charge >= 0.3 is 0 Å². The maximum Gasteiger partial charge on any atom is 0.175 e. The van der Waals surface area contributed by atoms with Crippen molar-refractivity contribution in [3.63, 3.8) is 0 Å². The summed E-state index contributed by atoms with van der Waals surface area (Å²) in [5.41, 5.74) is 0. The predicted molar refractivity (Wildman–Crippen MR) is 45.8 cm³/mol. The van der Waals surface area contributed by atoms with Crippen LogP contribution in [0.5, 0.6) is 0 Å². The Kier molecular flexibility index (Phi) is 2.18. The standard InChI is InChI=1S/C8H12O2S/c1-7-4-3-5-8(6-7)11(2,9)10/h3,5-7H,4H2,1-2H3. The second-order valence-electron chi connectivity index (χ2n) is 2.96. The van der Waals surface area contributed by atoms with Crippen LogP contribution in [-0.4, -0.2) is 14.7 Å². The van der Waals surface area contributed by atoms with Crippen molar-refractivity contribution in [2.45, 2.75) is 13.3 Å². The molecule has 0 saturated heterocycles. The Hall–Kier alpha value is -0.570. The molecule has 0 bridgehead atoms. The molecule has 0 aromatic heterocycles. The Morgan fingerprint density at radius 2 is 2.18 bits per heavy atom. The van der Waals surface area contributed by atoms with Crippen LogP contribution in [0.2, 0.25) is 0 Å². The van der Waals surface area contributed by atoms with Crippen molar-refractivity contribution < 1.29 is 8.42 Å². The van der Waals surface area contributed by atoms with Crippen LogP contribution in [0.15, 0.2) is 23.1 Å². The summed E-state index contributed by atoms with van der Waals surface area (Å²) >= 11 is 0. The van der Waals surface area contributed by atoms with Gasteiger partial charge in [0.2, 0.25) is 0 Å². The van der Waals surface area contributed by atoms with E-state index < -0.39 is 9.84 Å². The molecule has 0 radical (unpaired) electrons. The van der Waals surface area contributed by atoms with Gasteiger partial charge in [0.25, 0.3) is 0 Å². The molecule has 3 heteroatoms. The fourth-order valence-electron chi connectivity index (χ4n) is 1.05. The number of hydrogen-bond donors (Lipinski definition) is 0. The fourth-order valence-corrected chi connectivity index (χ4v) is 1.87. The van der Waals surface area contributed by atoms with E-state index in [0.29, 0.717) is 10.8 Å². The van der Waals surface area contributed by atoms with Crippen LogP contribution < -0.4 is 0 Å². The van der Waals surface area contributed by atoms with Crippen molar-refractivity contribution in [1.82, 2.24) is 0 Å². The third-order valence-electron chi connectivity index (χ3n) is 1.67. The minimum absolute atomic E-state index is 0.352. The normalized spacial score (nSPS) is 24.9. The summed E-state index contributed by atoms with van der Waals surface area (Å²) in [6.45, 7) is 2.01. The van der Waals surface area contributed by atoms with E-state index in [9.17, 15) is 8.42 Å². The van der Waals surface area contributed by atoms with Crippen LogP contribution in [0.1, 0.15) is 13.3 Å². The van der Waals surface area contributed by atoms with E-state index in [1.54, 1.807) is 12.2 Å². The lowest BCUT2D eigenvalue weighted by Crippen LogP contribution is -2.04. The topological polar surface area (TPSA) is 34.1 Å². The highest BCUT2D eigenvalue weighted by molar-refractivity contribution is 7.94. The van der Waals surface area contributed by atoms with E-state index in [2.05, 4.69) is 0 Å². The lowest BCUT2D eigenvalue weighted by molar-refractivity contribution is 0.607. The zero-order valence-electron chi connectivity index (χ0n) is 6.74. The van der Waals surface area contributed by atoms with Gasteiger partial charge in [0.1, 0.15) is 0 Å². The Morgan fingerprint density at radius 3 is 2.55 bits per heavy atom. The second-order valence-corrected chi connectivity index (χ2v) is 4.97. The van der Waals surface area contributed by atoms with Crippen molar-refractivity contribution in [2.75, 3.05) is 6.26 Å². The fraction of sp³-hybridized carbons (Fsp3) is 0.500. The molecule has 0 heterocycles. The molecule has 2 nitrogen and oxygen atoms in total. The molecule has 0 aliphatic heterocycles. The molecule has 0 aromatic carbocycles. The molecule has 0 amide bonds. The molecule has 1 aliphatic carbocycles. The first-order valence-electron chi connectivity index (χ1n) is 3.58. The SMILES string of the molecule is CC1C=C(S(C)(=O)=O)C=CC1.